The Balaban J connectivity index is 1.70. The van der Waals surface area contributed by atoms with Crippen molar-refractivity contribution >= 4 is 6.03 Å². The molecule has 0 aliphatic heterocycles. The molecule has 23 heavy (non-hydrogen) atoms. The van der Waals surface area contributed by atoms with Crippen molar-refractivity contribution in [2.24, 2.45) is 5.92 Å². The van der Waals surface area contributed by atoms with Crippen molar-refractivity contribution < 1.29 is 14.6 Å². The van der Waals surface area contributed by atoms with Crippen molar-refractivity contribution in [3.8, 4) is 0 Å². The topological polar surface area (TPSA) is 61.8 Å². The average molecular weight is 326 g/mol. The normalized spacial score (nSPS) is 31.9. The Morgan fingerprint density at radius 3 is 2.43 bits per heavy atom. The number of rotatable bonds is 5. The van der Waals surface area contributed by atoms with Crippen LogP contribution in [0, 0.1) is 5.92 Å². The highest BCUT2D eigenvalue weighted by atomic mass is 16.5. The third kappa shape index (κ3) is 5.96. The molecule has 0 unspecified atom stereocenters. The van der Waals surface area contributed by atoms with Gasteiger partial charge < -0.3 is 20.1 Å². The lowest BCUT2D eigenvalue weighted by atomic mass is 9.86. The molecular weight excluding hydrogens is 292 g/mol. The second-order valence-electron chi connectivity index (χ2n) is 7.60. The van der Waals surface area contributed by atoms with Crippen LogP contribution in [0.25, 0.3) is 0 Å². The number of nitrogens with one attached hydrogen (secondary N) is 1. The summed E-state index contributed by atoms with van der Waals surface area (Å²) in [5, 5.41) is 13.2. The van der Waals surface area contributed by atoms with Crippen LogP contribution in [0.15, 0.2) is 0 Å². The first-order chi connectivity index (χ1) is 11.0. The van der Waals surface area contributed by atoms with Gasteiger partial charge in [-0.3, -0.25) is 0 Å². The molecule has 0 radical (unpaired) electrons. The lowest BCUT2D eigenvalue weighted by Gasteiger charge is -2.34. The third-order valence-corrected chi connectivity index (χ3v) is 5.19. The largest absolute Gasteiger partial charge is 0.393 e. The molecule has 2 aliphatic carbocycles. The number of ether oxygens (including phenoxy) is 1. The monoisotopic (exact) mass is 326 g/mol. The van der Waals surface area contributed by atoms with Crippen molar-refractivity contribution in [3.63, 3.8) is 0 Å². The fourth-order valence-corrected chi connectivity index (χ4v) is 3.85. The first kappa shape index (κ1) is 18.5. The zero-order valence-electron chi connectivity index (χ0n) is 15.0. The van der Waals surface area contributed by atoms with Gasteiger partial charge in [-0.25, -0.2) is 4.79 Å². The summed E-state index contributed by atoms with van der Waals surface area (Å²) >= 11 is 0. The molecule has 2 rings (SSSR count). The maximum absolute atomic E-state index is 12.4. The first-order valence-corrected chi connectivity index (χ1v) is 9.31. The van der Waals surface area contributed by atoms with Gasteiger partial charge in [0.25, 0.3) is 0 Å². The Morgan fingerprint density at radius 2 is 1.83 bits per heavy atom. The number of carbonyl (C=O) groups excluding carboxylic acids is 1. The standard InChI is InChI=1S/C18H34N2O3/c1-13(2)23-16-10-8-15(9-11-16)19-18(22)20(3)12-14-6-4-5-7-17(14)21/h13-17,21H,4-12H2,1-3H3,(H,19,22)/t14-,15?,16?,17-/m1/s1. The number of urea groups is 1. The van der Waals surface area contributed by atoms with Crippen LogP contribution < -0.4 is 5.32 Å². The number of hydrogen-bond acceptors (Lipinski definition) is 3. The van der Waals surface area contributed by atoms with Gasteiger partial charge in [0.2, 0.25) is 0 Å². The van der Waals surface area contributed by atoms with Crippen LogP contribution in [0.4, 0.5) is 4.79 Å². The second-order valence-corrected chi connectivity index (χ2v) is 7.60. The van der Waals surface area contributed by atoms with E-state index in [0.717, 1.165) is 51.4 Å². The lowest BCUT2D eigenvalue weighted by Crippen LogP contribution is -2.47. The van der Waals surface area contributed by atoms with Crippen LogP contribution in [-0.2, 0) is 4.74 Å². The van der Waals surface area contributed by atoms with E-state index in [4.69, 9.17) is 4.74 Å². The van der Waals surface area contributed by atoms with E-state index in [2.05, 4.69) is 19.2 Å². The zero-order valence-corrected chi connectivity index (χ0v) is 15.0. The Bertz CT molecular complexity index is 367. The van der Waals surface area contributed by atoms with Gasteiger partial charge in [0.1, 0.15) is 0 Å². The molecule has 2 fully saturated rings. The molecule has 0 spiro atoms. The van der Waals surface area contributed by atoms with Crippen LogP contribution in [0.2, 0.25) is 0 Å². The van der Waals surface area contributed by atoms with E-state index in [0.29, 0.717) is 12.6 Å². The van der Waals surface area contributed by atoms with E-state index < -0.39 is 0 Å². The lowest BCUT2D eigenvalue weighted by molar-refractivity contribution is -0.0158. The average Bonchev–Trinajstić information content (AvgIpc) is 2.51. The molecule has 2 atom stereocenters. The van der Waals surface area contributed by atoms with Gasteiger partial charge in [-0.2, -0.15) is 0 Å². The summed E-state index contributed by atoms with van der Waals surface area (Å²) in [6.07, 6.45) is 8.57. The van der Waals surface area contributed by atoms with E-state index >= 15 is 0 Å². The predicted octanol–water partition coefficient (Wildman–Crippen LogP) is 2.92. The SMILES string of the molecule is CC(C)OC1CCC(NC(=O)N(C)C[C@H]2CCCC[C@H]2O)CC1. The number of hydrogen-bond donors (Lipinski definition) is 2. The summed E-state index contributed by atoms with van der Waals surface area (Å²) in [5.74, 6) is 0.231. The molecule has 2 saturated carbocycles. The summed E-state index contributed by atoms with van der Waals surface area (Å²) in [4.78, 5) is 14.1. The van der Waals surface area contributed by atoms with E-state index in [1.165, 1.54) is 0 Å². The van der Waals surface area contributed by atoms with Crippen LogP contribution in [0.1, 0.15) is 65.2 Å². The maximum atomic E-state index is 12.4. The molecule has 5 nitrogen and oxygen atoms in total. The zero-order chi connectivity index (χ0) is 16.8. The van der Waals surface area contributed by atoms with Gasteiger partial charge in [0.15, 0.2) is 0 Å². The highest BCUT2D eigenvalue weighted by Gasteiger charge is 2.27. The second kappa shape index (κ2) is 8.88. The fraction of sp³-hybridized carbons (Fsp3) is 0.944. The first-order valence-electron chi connectivity index (χ1n) is 9.31. The van der Waals surface area contributed by atoms with Gasteiger partial charge in [0, 0.05) is 25.6 Å². The molecule has 2 N–H and O–H groups in total. The Labute approximate surface area is 140 Å². The molecule has 0 aromatic heterocycles. The minimum Gasteiger partial charge on any atom is -0.393 e. The van der Waals surface area contributed by atoms with Crippen molar-refractivity contribution in [2.75, 3.05) is 13.6 Å². The van der Waals surface area contributed by atoms with E-state index in [-0.39, 0.29) is 30.2 Å². The molecule has 2 amide bonds. The van der Waals surface area contributed by atoms with Gasteiger partial charge >= 0.3 is 6.03 Å². The number of carbonyl (C=O) groups is 1. The minimum atomic E-state index is -0.248. The number of nitrogens with zero attached hydrogens (tertiary/aromatic N) is 1. The van der Waals surface area contributed by atoms with Crippen molar-refractivity contribution in [3.05, 3.63) is 0 Å². The van der Waals surface area contributed by atoms with E-state index in [9.17, 15) is 9.90 Å². The summed E-state index contributed by atoms with van der Waals surface area (Å²) in [6, 6.07) is 0.254. The fourth-order valence-electron chi connectivity index (χ4n) is 3.85. The van der Waals surface area contributed by atoms with Crippen LogP contribution in [-0.4, -0.2) is 54.0 Å². The Morgan fingerprint density at radius 1 is 1.17 bits per heavy atom. The molecule has 0 saturated heterocycles. The summed E-state index contributed by atoms with van der Waals surface area (Å²) in [5.41, 5.74) is 0. The van der Waals surface area contributed by atoms with Crippen molar-refractivity contribution in [1.29, 1.82) is 0 Å². The van der Waals surface area contributed by atoms with Gasteiger partial charge in [-0.05, 0) is 52.4 Å². The molecule has 0 aromatic carbocycles. The highest BCUT2D eigenvalue weighted by Crippen LogP contribution is 2.25. The van der Waals surface area contributed by atoms with Crippen molar-refractivity contribution in [1.82, 2.24) is 10.2 Å². The Hall–Kier alpha value is -0.810. The van der Waals surface area contributed by atoms with Gasteiger partial charge in [0.05, 0.1) is 18.3 Å². The predicted molar refractivity (Wildman–Crippen MR) is 91.4 cm³/mol. The van der Waals surface area contributed by atoms with Gasteiger partial charge in [-0.15, -0.1) is 0 Å². The minimum absolute atomic E-state index is 0.00370. The van der Waals surface area contributed by atoms with Crippen LogP contribution >= 0.6 is 0 Å². The summed E-state index contributed by atoms with van der Waals surface area (Å²) in [6.45, 7) is 4.80. The molecule has 2 aliphatic rings. The highest BCUT2D eigenvalue weighted by molar-refractivity contribution is 5.74. The number of aliphatic hydroxyl groups excluding tert-OH is 1. The van der Waals surface area contributed by atoms with Crippen molar-refractivity contribution in [2.45, 2.75) is 89.6 Å². The molecule has 0 aromatic rings. The molecule has 5 heteroatoms. The quantitative estimate of drug-likeness (QED) is 0.816. The van der Waals surface area contributed by atoms with Crippen LogP contribution in [0.3, 0.4) is 0 Å². The van der Waals surface area contributed by atoms with Gasteiger partial charge in [-0.1, -0.05) is 12.8 Å². The van der Waals surface area contributed by atoms with E-state index in [1.807, 2.05) is 7.05 Å². The third-order valence-electron chi connectivity index (χ3n) is 5.19. The van der Waals surface area contributed by atoms with Crippen LogP contribution in [0.5, 0.6) is 0 Å². The maximum Gasteiger partial charge on any atom is 0.317 e. The number of aliphatic hydroxyl groups is 1. The Kier molecular flexibility index (Phi) is 7.15. The smallest absolute Gasteiger partial charge is 0.317 e. The summed E-state index contributed by atoms with van der Waals surface area (Å²) in [7, 11) is 1.84. The molecule has 0 bridgehead atoms. The molecule has 0 heterocycles. The number of amides is 2. The summed E-state index contributed by atoms with van der Waals surface area (Å²) < 4.78 is 5.85. The van der Waals surface area contributed by atoms with E-state index in [1.54, 1.807) is 4.90 Å². The molecular formula is C18H34N2O3. The molecule has 134 valence electrons.